The second-order valence-corrected chi connectivity index (χ2v) is 9.80. The van der Waals surface area contributed by atoms with Gasteiger partial charge in [-0.3, -0.25) is 0 Å². The van der Waals surface area contributed by atoms with Gasteiger partial charge in [0.1, 0.15) is 0 Å². The summed E-state index contributed by atoms with van der Waals surface area (Å²) in [5, 5.41) is 1.05. The molecular weight excluding hydrogens is 413 g/mol. The number of hydrogen-bond acceptors (Lipinski definition) is 5. The molecule has 1 heterocycles. The predicted octanol–water partition coefficient (Wildman–Crippen LogP) is 2.97. The Morgan fingerprint density at radius 3 is 2.19 bits per heavy atom. The van der Waals surface area contributed by atoms with Gasteiger partial charge in [0.2, 0.25) is 0 Å². The van der Waals surface area contributed by atoms with Crippen LogP contribution in [0.5, 0.6) is 17.2 Å². The Labute approximate surface area is 159 Å². The summed E-state index contributed by atoms with van der Waals surface area (Å²) in [6.45, 7) is 0. The molecule has 0 atom stereocenters. The summed E-state index contributed by atoms with van der Waals surface area (Å²) in [7, 11) is 6.34. The fraction of sp³-hybridized carbons (Fsp3) is 0.200. The first-order chi connectivity index (χ1) is 12.9. The molecule has 1 aromatic heterocycles. The van der Waals surface area contributed by atoms with Crippen LogP contribution in [0.3, 0.4) is 0 Å². The Morgan fingerprint density at radius 2 is 1.59 bits per heavy atom. The molecule has 3 aromatic rings. The van der Waals surface area contributed by atoms with Crippen molar-refractivity contribution in [2.75, 3.05) is 21.3 Å². The van der Waals surface area contributed by atoms with Crippen molar-refractivity contribution < 1.29 is 21.9 Å². The number of hydrogen-bond donors (Lipinski definition) is 0. The standard InChI is InChI=1S/C20H21NO5Se/c1-21-9-7-15-11-14(5-6-17(15)21)8-10-27(22,23)16-12-18(24-2)20(26-4)19(13-16)25-3/h5-13H,1-4H3/b10-8+. The molecule has 2 aromatic carbocycles. The van der Waals surface area contributed by atoms with E-state index in [4.69, 9.17) is 14.2 Å². The van der Waals surface area contributed by atoms with E-state index in [1.54, 1.807) is 6.08 Å². The molecule has 27 heavy (non-hydrogen) atoms. The first-order valence-corrected chi connectivity index (χ1v) is 11.4. The Hall–Kier alpha value is -2.76. The van der Waals surface area contributed by atoms with E-state index in [1.165, 1.54) is 38.4 Å². The topological polar surface area (TPSA) is 66.8 Å². The Kier molecular flexibility index (Phi) is 5.26. The number of aryl methyl sites for hydroxylation is 1. The van der Waals surface area contributed by atoms with Crippen molar-refractivity contribution in [2.45, 2.75) is 0 Å². The third-order valence-corrected chi connectivity index (χ3v) is 7.23. The van der Waals surface area contributed by atoms with Crippen molar-refractivity contribution >= 4 is 34.1 Å². The molecular formula is C20H21NO5Se. The van der Waals surface area contributed by atoms with Crippen molar-refractivity contribution in [2.24, 2.45) is 7.05 Å². The number of aromatic nitrogens is 1. The summed E-state index contributed by atoms with van der Waals surface area (Å²) in [5.41, 5.74) is 1.90. The Balaban J connectivity index is 1.99. The second-order valence-electron chi connectivity index (χ2n) is 5.95. The molecule has 0 aliphatic carbocycles. The van der Waals surface area contributed by atoms with Gasteiger partial charge in [-0.25, -0.2) is 0 Å². The minimum atomic E-state index is -4.56. The van der Waals surface area contributed by atoms with Gasteiger partial charge < -0.3 is 0 Å². The summed E-state index contributed by atoms with van der Waals surface area (Å²) in [4.78, 5) is 1.25. The van der Waals surface area contributed by atoms with Crippen molar-refractivity contribution in [3.05, 3.63) is 53.1 Å². The Morgan fingerprint density at radius 1 is 0.926 bits per heavy atom. The third kappa shape index (κ3) is 3.70. The summed E-state index contributed by atoms with van der Waals surface area (Å²) in [6.07, 6.45) is 3.57. The molecule has 0 unspecified atom stereocenters. The average molecular weight is 434 g/mol. The molecule has 0 aliphatic rings. The first-order valence-electron chi connectivity index (χ1n) is 8.18. The number of rotatable bonds is 6. The minimum absolute atomic E-state index is 0.137. The van der Waals surface area contributed by atoms with Crippen LogP contribution in [0, 0.1) is 0 Å². The van der Waals surface area contributed by atoms with Crippen LogP contribution >= 0.6 is 0 Å². The summed E-state index contributed by atoms with van der Waals surface area (Å²) in [5.74, 6) is 0.966. The van der Waals surface area contributed by atoms with Crippen LogP contribution in [0.2, 0.25) is 0 Å². The monoisotopic (exact) mass is 435 g/mol. The normalized spacial score (nSPS) is 11.9. The van der Waals surface area contributed by atoms with Gasteiger partial charge in [-0.1, -0.05) is 0 Å². The molecule has 0 fully saturated rings. The maximum atomic E-state index is 12.8. The van der Waals surface area contributed by atoms with E-state index in [1.807, 2.05) is 42.1 Å². The van der Waals surface area contributed by atoms with E-state index < -0.39 is 12.7 Å². The van der Waals surface area contributed by atoms with Crippen molar-refractivity contribution in [1.82, 2.24) is 4.57 Å². The summed E-state index contributed by atoms with van der Waals surface area (Å²) < 4.78 is 43.6. The van der Waals surface area contributed by atoms with Gasteiger partial charge in [0.15, 0.2) is 0 Å². The van der Waals surface area contributed by atoms with Gasteiger partial charge >= 0.3 is 159 Å². The molecule has 0 radical (unpaired) electrons. The molecule has 0 bridgehead atoms. The predicted molar refractivity (Wildman–Crippen MR) is 105 cm³/mol. The van der Waals surface area contributed by atoms with E-state index in [0.29, 0.717) is 17.2 Å². The number of ether oxygens (including phenoxy) is 3. The number of methoxy groups -OCH3 is 3. The Bertz CT molecular complexity index is 1090. The van der Waals surface area contributed by atoms with Crippen LogP contribution in [0.4, 0.5) is 0 Å². The zero-order chi connectivity index (χ0) is 19.6. The number of fused-ring (bicyclic) bond motifs is 1. The van der Waals surface area contributed by atoms with Crippen LogP contribution in [0.15, 0.2) is 47.6 Å². The van der Waals surface area contributed by atoms with Crippen LogP contribution in [0.1, 0.15) is 5.56 Å². The van der Waals surface area contributed by atoms with E-state index in [0.717, 1.165) is 16.5 Å². The first kappa shape index (κ1) is 19.0. The molecule has 7 heteroatoms. The summed E-state index contributed by atoms with van der Waals surface area (Å²) >= 11 is -4.56. The summed E-state index contributed by atoms with van der Waals surface area (Å²) in [6, 6.07) is 10.7. The molecule has 6 nitrogen and oxygen atoms in total. The average Bonchev–Trinajstić information content (AvgIpc) is 3.05. The SMILES string of the molecule is COc1cc([Se](=O)(=O)/C=C/c2ccc3c(ccn3C)c2)cc(OC)c1OC. The number of benzene rings is 2. The molecule has 0 amide bonds. The fourth-order valence-electron chi connectivity index (χ4n) is 2.87. The second kappa shape index (κ2) is 7.46. The van der Waals surface area contributed by atoms with Crippen LogP contribution in [-0.4, -0.2) is 38.6 Å². The zero-order valence-electron chi connectivity index (χ0n) is 15.6. The van der Waals surface area contributed by atoms with Crippen molar-refractivity contribution in [1.29, 1.82) is 0 Å². The van der Waals surface area contributed by atoms with Gasteiger partial charge in [0.25, 0.3) is 0 Å². The van der Waals surface area contributed by atoms with Crippen molar-refractivity contribution in [3.63, 3.8) is 0 Å². The molecule has 142 valence electrons. The van der Waals surface area contributed by atoms with Gasteiger partial charge in [-0.2, -0.15) is 0 Å². The number of nitrogens with zero attached hydrogens (tertiary/aromatic N) is 1. The molecule has 0 spiro atoms. The van der Waals surface area contributed by atoms with Crippen LogP contribution < -0.4 is 18.7 Å². The molecule has 0 N–H and O–H groups in total. The maximum absolute atomic E-state index is 12.8. The zero-order valence-corrected chi connectivity index (χ0v) is 17.3. The van der Waals surface area contributed by atoms with Crippen LogP contribution in [-0.2, 0) is 14.7 Å². The fourth-order valence-corrected chi connectivity index (χ4v) is 5.05. The third-order valence-electron chi connectivity index (χ3n) is 4.32. The van der Waals surface area contributed by atoms with E-state index in [2.05, 4.69) is 0 Å². The van der Waals surface area contributed by atoms with Gasteiger partial charge in [0.05, 0.1) is 0 Å². The van der Waals surface area contributed by atoms with Gasteiger partial charge in [0, 0.05) is 0 Å². The van der Waals surface area contributed by atoms with E-state index >= 15 is 0 Å². The molecule has 0 saturated carbocycles. The molecule has 3 rings (SSSR count). The van der Waals surface area contributed by atoms with E-state index in [-0.39, 0.29) is 4.46 Å². The molecule has 0 aliphatic heterocycles. The van der Waals surface area contributed by atoms with Crippen LogP contribution in [0.25, 0.3) is 17.0 Å². The van der Waals surface area contributed by atoms with Gasteiger partial charge in [-0.15, -0.1) is 0 Å². The molecule has 0 saturated heterocycles. The van der Waals surface area contributed by atoms with Crippen molar-refractivity contribution in [3.8, 4) is 17.2 Å². The van der Waals surface area contributed by atoms with Gasteiger partial charge in [-0.05, 0) is 0 Å². The van der Waals surface area contributed by atoms with E-state index in [9.17, 15) is 7.67 Å². The quantitative estimate of drug-likeness (QED) is 0.559.